The lowest BCUT2D eigenvalue weighted by Gasteiger charge is -2.61. The Morgan fingerprint density at radius 1 is 1.02 bits per heavy atom. The van der Waals surface area contributed by atoms with E-state index in [1.54, 1.807) is 16.7 Å². The highest BCUT2D eigenvalue weighted by Gasteiger charge is 2.68. The predicted octanol–water partition coefficient (Wildman–Crippen LogP) is 5.30. The number of quaternary nitrogens is 1. The van der Waals surface area contributed by atoms with E-state index < -0.39 is 41.2 Å². The van der Waals surface area contributed by atoms with Gasteiger partial charge in [0.15, 0.2) is 0 Å². The van der Waals surface area contributed by atoms with Crippen molar-refractivity contribution in [2.45, 2.75) is 180 Å². The molecular formula is C50H79N6O7S+. The lowest BCUT2D eigenvalue weighted by atomic mass is 9.44. The Hall–Kier alpha value is -3.46. The highest BCUT2D eigenvalue weighted by molar-refractivity contribution is 8.00. The topological polar surface area (TPSA) is 193 Å². The number of thioether (sulfide) groups is 1. The Balaban J connectivity index is 1.04. The normalized spacial score (nSPS) is 35.4. The maximum Gasteiger partial charge on any atom is 0.316 e. The number of esters is 1. The number of aliphatic hydroxyl groups excluding tert-OH is 1. The molecule has 2 unspecified atom stereocenters. The van der Waals surface area contributed by atoms with E-state index in [-0.39, 0.29) is 64.4 Å². The van der Waals surface area contributed by atoms with Crippen LogP contribution in [0.5, 0.6) is 0 Å². The maximum atomic E-state index is 13.9. The van der Waals surface area contributed by atoms with E-state index in [1.807, 2.05) is 52.8 Å². The van der Waals surface area contributed by atoms with Crippen LogP contribution in [-0.2, 0) is 30.5 Å². The number of piperidine rings is 1. The van der Waals surface area contributed by atoms with Crippen LogP contribution in [0.25, 0.3) is 0 Å². The standard InChI is InChI=1S/C50H78N6O7S/c1-10-48(8)26-40(49(9)31(6)19-21-50(32(7)44(48)59)22-20-39(57)43(49)50)63-41(58)28-64-37-24-35-17-18-36(25-37)56(35)27-33-13-15-34(16-14-33)54-45(60)38(12-11-23-52-47(51)62)55-46(61)42(29(2)3)53-30(4)5/h10,13-16,29-32,35-38,40,42-44,53,59H,1,11-12,17-28H2,2-9H3,(H,54,60)(H,55,61)(H3,51,52,62)/p+1/t31-,32+,35?,36?,37?,38+,40-,42+,43+,44+,48-,49+,50+/m1/s1. The van der Waals surface area contributed by atoms with Crippen molar-refractivity contribution in [3.63, 3.8) is 0 Å². The van der Waals surface area contributed by atoms with Crippen LogP contribution < -0.4 is 31.9 Å². The summed E-state index contributed by atoms with van der Waals surface area (Å²) in [5, 5.41) is 24.1. The van der Waals surface area contributed by atoms with Gasteiger partial charge in [0, 0.05) is 77.9 Å². The molecule has 0 aromatic heterocycles. The number of nitrogens with two attached hydrogens (primary N) is 1. The number of anilines is 1. The molecule has 1 aromatic carbocycles. The molecule has 64 heavy (non-hydrogen) atoms. The number of hydrogen-bond donors (Lipinski definition) is 7. The molecule has 0 spiro atoms. The quantitative estimate of drug-likeness (QED) is 0.0582. The zero-order chi connectivity index (χ0) is 46.7. The summed E-state index contributed by atoms with van der Waals surface area (Å²) in [4.78, 5) is 67.5. The number of primary amides is 1. The van der Waals surface area contributed by atoms with Gasteiger partial charge in [0.25, 0.3) is 0 Å². The first kappa shape index (κ1) is 50.0. The number of ketones is 1. The van der Waals surface area contributed by atoms with Gasteiger partial charge in [-0.05, 0) is 73.8 Å². The van der Waals surface area contributed by atoms with E-state index in [9.17, 15) is 29.1 Å². The summed E-state index contributed by atoms with van der Waals surface area (Å²) in [6, 6.07) is 7.13. The first-order chi connectivity index (χ1) is 30.2. The predicted molar refractivity (Wildman–Crippen MR) is 252 cm³/mol. The van der Waals surface area contributed by atoms with E-state index in [4.69, 9.17) is 10.5 Å². The van der Waals surface area contributed by atoms with Gasteiger partial charge in [-0.3, -0.25) is 19.2 Å². The van der Waals surface area contributed by atoms with Gasteiger partial charge in [-0.2, -0.15) is 0 Å². The van der Waals surface area contributed by atoms with E-state index >= 15 is 0 Å². The maximum absolute atomic E-state index is 13.9. The minimum atomic E-state index is -0.803. The summed E-state index contributed by atoms with van der Waals surface area (Å²) in [6.45, 7) is 21.8. The largest absolute Gasteiger partial charge is 0.461 e. The number of ether oxygens (including phenoxy) is 1. The van der Waals surface area contributed by atoms with E-state index in [2.05, 4.69) is 60.8 Å². The lowest BCUT2D eigenvalue weighted by molar-refractivity contribution is -0.954. The number of urea groups is 1. The smallest absolute Gasteiger partial charge is 0.316 e. The summed E-state index contributed by atoms with van der Waals surface area (Å²) in [5.74, 6) is -0.348. The van der Waals surface area contributed by atoms with Crippen LogP contribution in [-0.4, -0.2) is 94.7 Å². The minimum absolute atomic E-state index is 0.0139. The van der Waals surface area contributed by atoms with Crippen LogP contribution in [0.1, 0.15) is 132 Å². The fourth-order valence-electron chi connectivity index (χ4n) is 12.8. The number of aliphatic hydroxyl groups is 1. The van der Waals surface area contributed by atoms with Crippen LogP contribution >= 0.6 is 11.8 Å². The zero-order valence-electron chi connectivity index (χ0n) is 39.8. The molecule has 14 heteroatoms. The van der Waals surface area contributed by atoms with Crippen molar-refractivity contribution in [3.05, 3.63) is 42.5 Å². The molecular weight excluding hydrogens is 829 g/mol. The highest BCUT2D eigenvalue weighted by Crippen LogP contribution is 2.68. The Kier molecular flexibility index (Phi) is 16.1. The summed E-state index contributed by atoms with van der Waals surface area (Å²) >= 11 is 1.72. The van der Waals surface area contributed by atoms with E-state index in [1.165, 1.54) is 5.56 Å². The third-order valence-corrected chi connectivity index (χ3v) is 18.0. The Morgan fingerprint density at radius 2 is 1.69 bits per heavy atom. The molecule has 2 aliphatic heterocycles. The summed E-state index contributed by atoms with van der Waals surface area (Å²) in [7, 11) is 0. The van der Waals surface area contributed by atoms with Crippen molar-refractivity contribution in [1.82, 2.24) is 16.0 Å². The molecule has 2 heterocycles. The molecule has 356 valence electrons. The second-order valence-electron chi connectivity index (χ2n) is 21.4. The third-order valence-electron chi connectivity index (χ3n) is 16.7. The van der Waals surface area contributed by atoms with Crippen LogP contribution in [0.4, 0.5) is 10.5 Å². The number of fused-ring (bicyclic) bond motifs is 2. The SMILES string of the molecule is C=C[C@]1(C)C[C@@H](OC(=O)CSC2CC3CCC(C2)[NH+]3Cc2ccc(NC(=O)[C@H](CCCNC(N)=O)NC(=O)[C@@H](NC(C)C)C(C)C)cc2)[C@]2(C)[C@H](C)CC[C@]3(CCC(=O)[C@H]32)[C@@H](C)[C@@H]1O. The van der Waals surface area contributed by atoms with Crippen molar-refractivity contribution in [1.29, 1.82) is 0 Å². The summed E-state index contributed by atoms with van der Waals surface area (Å²) in [6.07, 6.45) is 9.44. The Labute approximate surface area is 386 Å². The van der Waals surface area contributed by atoms with E-state index in [0.717, 1.165) is 51.5 Å². The van der Waals surface area contributed by atoms with Crippen LogP contribution in [0.2, 0.25) is 0 Å². The zero-order valence-corrected chi connectivity index (χ0v) is 40.6. The number of hydrogen-bond acceptors (Lipinski definition) is 9. The highest BCUT2D eigenvalue weighted by atomic mass is 32.2. The summed E-state index contributed by atoms with van der Waals surface area (Å²) < 4.78 is 6.56. The van der Waals surface area contributed by atoms with Gasteiger partial charge in [-0.15, -0.1) is 18.3 Å². The average molecular weight is 908 g/mol. The molecule has 13 nitrogen and oxygen atoms in total. The number of benzene rings is 1. The van der Waals surface area contributed by atoms with Gasteiger partial charge in [0.1, 0.15) is 24.5 Å². The molecule has 2 saturated heterocycles. The second kappa shape index (κ2) is 20.6. The number of carbonyl (C=O) groups excluding carboxylic acids is 5. The molecule has 0 radical (unpaired) electrons. The summed E-state index contributed by atoms with van der Waals surface area (Å²) in [5.41, 5.74) is 5.59. The van der Waals surface area contributed by atoms with Gasteiger partial charge in [-0.25, -0.2) is 4.79 Å². The lowest BCUT2D eigenvalue weighted by Crippen LogP contribution is -3.17. The van der Waals surface area contributed by atoms with Gasteiger partial charge in [0.05, 0.1) is 30.0 Å². The number of amides is 4. The molecule has 6 rings (SSSR count). The number of Topliss-reactive ketones (excluding diaryl/α,β-unsaturated/α-hetero) is 1. The second-order valence-corrected chi connectivity index (χ2v) is 22.7. The minimum Gasteiger partial charge on any atom is -0.461 e. The molecule has 12 atom stereocenters. The molecule has 3 aliphatic carbocycles. The van der Waals surface area contributed by atoms with Gasteiger partial charge < -0.3 is 41.7 Å². The van der Waals surface area contributed by atoms with Crippen molar-refractivity contribution in [2.24, 2.45) is 45.7 Å². The third kappa shape index (κ3) is 10.6. The number of carbonyl (C=O) groups is 5. The Bertz CT molecular complexity index is 1850. The monoisotopic (exact) mass is 908 g/mol. The van der Waals surface area contributed by atoms with Gasteiger partial charge in [0.2, 0.25) is 11.8 Å². The van der Waals surface area contributed by atoms with Crippen molar-refractivity contribution in [3.8, 4) is 0 Å². The average Bonchev–Trinajstić information content (AvgIpc) is 3.71. The van der Waals surface area contributed by atoms with Gasteiger partial charge in [-0.1, -0.05) is 73.6 Å². The van der Waals surface area contributed by atoms with Crippen molar-refractivity contribution < 1.29 is 38.7 Å². The first-order valence-corrected chi connectivity index (χ1v) is 25.3. The van der Waals surface area contributed by atoms with E-state index in [0.29, 0.717) is 55.2 Å². The molecule has 8 N–H and O–H groups in total. The molecule has 5 aliphatic rings. The molecule has 1 aromatic rings. The van der Waals surface area contributed by atoms with Crippen LogP contribution in [0.15, 0.2) is 36.9 Å². The molecule has 4 amide bonds. The number of rotatable bonds is 18. The van der Waals surface area contributed by atoms with Crippen LogP contribution in [0, 0.1) is 39.9 Å². The van der Waals surface area contributed by atoms with Crippen LogP contribution in [0.3, 0.4) is 0 Å². The molecule has 4 bridgehead atoms. The molecule has 5 fully saturated rings. The van der Waals surface area contributed by atoms with Crippen molar-refractivity contribution >= 4 is 47.0 Å². The molecule has 3 saturated carbocycles. The number of nitrogens with one attached hydrogen (secondary N) is 5. The first-order valence-electron chi connectivity index (χ1n) is 24.2. The fraction of sp³-hybridized carbons (Fsp3) is 0.740. The fourth-order valence-corrected chi connectivity index (χ4v) is 14.0. The Morgan fingerprint density at radius 3 is 2.30 bits per heavy atom. The van der Waals surface area contributed by atoms with Crippen molar-refractivity contribution in [2.75, 3.05) is 17.6 Å². The van der Waals surface area contributed by atoms with Gasteiger partial charge >= 0.3 is 12.0 Å².